The fourth-order valence-electron chi connectivity index (χ4n) is 1.85. The normalized spacial score (nSPS) is 10.7. The van der Waals surface area contributed by atoms with E-state index in [9.17, 15) is 4.79 Å². The Labute approximate surface area is 139 Å². The van der Waals surface area contributed by atoms with Crippen molar-refractivity contribution >= 4 is 21.8 Å². The Morgan fingerprint density at radius 3 is 2.82 bits per heavy atom. The maximum absolute atomic E-state index is 12.1. The van der Waals surface area contributed by atoms with E-state index < -0.39 is 0 Å². The molecule has 1 N–H and O–H groups in total. The minimum Gasteiger partial charge on any atom is -0.492 e. The summed E-state index contributed by atoms with van der Waals surface area (Å²) >= 11 is 3.45. The van der Waals surface area contributed by atoms with Crippen molar-refractivity contribution in [2.24, 2.45) is 5.92 Å². The van der Waals surface area contributed by atoms with Crippen LogP contribution in [-0.2, 0) is 6.54 Å². The first-order valence-corrected chi connectivity index (χ1v) is 8.08. The number of nitrogens with one attached hydrogen (secondary N) is 1. The summed E-state index contributed by atoms with van der Waals surface area (Å²) in [5.74, 6) is 1.93. The molecule has 2 aromatic rings. The van der Waals surface area contributed by atoms with Crippen molar-refractivity contribution in [1.29, 1.82) is 0 Å². The average molecular weight is 366 g/mol. The van der Waals surface area contributed by atoms with Gasteiger partial charge < -0.3 is 14.5 Å². The van der Waals surface area contributed by atoms with Gasteiger partial charge in [-0.3, -0.25) is 4.79 Å². The third-order valence-electron chi connectivity index (χ3n) is 3.15. The number of amides is 1. The highest BCUT2D eigenvalue weighted by molar-refractivity contribution is 9.10. The highest BCUT2D eigenvalue weighted by Crippen LogP contribution is 2.26. The number of halogens is 1. The zero-order chi connectivity index (χ0) is 15.9. The van der Waals surface area contributed by atoms with Crippen LogP contribution in [-0.4, -0.2) is 12.5 Å². The highest BCUT2D eigenvalue weighted by Gasteiger charge is 2.10. The van der Waals surface area contributed by atoms with E-state index in [-0.39, 0.29) is 5.91 Å². The van der Waals surface area contributed by atoms with Crippen LogP contribution in [0.15, 0.2) is 45.5 Å². The van der Waals surface area contributed by atoms with Crippen molar-refractivity contribution in [2.75, 3.05) is 6.61 Å². The maximum atomic E-state index is 12.1. The second kappa shape index (κ2) is 8.03. The molecule has 1 aromatic carbocycles. The van der Waals surface area contributed by atoms with E-state index in [0.717, 1.165) is 22.4 Å². The van der Waals surface area contributed by atoms with Crippen molar-refractivity contribution in [2.45, 2.75) is 26.8 Å². The zero-order valence-electron chi connectivity index (χ0n) is 12.8. The summed E-state index contributed by atoms with van der Waals surface area (Å²) in [4.78, 5) is 12.1. The third-order valence-corrected chi connectivity index (χ3v) is 3.77. The smallest absolute Gasteiger partial charge is 0.251 e. The van der Waals surface area contributed by atoms with Gasteiger partial charge in [0, 0.05) is 5.56 Å². The van der Waals surface area contributed by atoms with Gasteiger partial charge in [0.2, 0.25) is 0 Å². The molecule has 2 rings (SSSR count). The predicted octanol–water partition coefficient (Wildman–Crippen LogP) is 4.40. The predicted molar refractivity (Wildman–Crippen MR) is 89.0 cm³/mol. The molecule has 0 aliphatic heterocycles. The molecule has 0 atom stereocenters. The lowest BCUT2D eigenvalue weighted by Gasteiger charge is -2.11. The van der Waals surface area contributed by atoms with Crippen molar-refractivity contribution < 1.29 is 13.9 Å². The average Bonchev–Trinajstić information content (AvgIpc) is 2.99. The molecule has 0 fully saturated rings. The molecule has 0 spiro atoms. The minimum atomic E-state index is -0.147. The molecule has 4 nitrogen and oxygen atoms in total. The van der Waals surface area contributed by atoms with E-state index >= 15 is 0 Å². The summed E-state index contributed by atoms with van der Waals surface area (Å²) in [6.07, 6.45) is 2.58. The lowest BCUT2D eigenvalue weighted by molar-refractivity contribution is 0.0948. The Morgan fingerprint density at radius 1 is 1.36 bits per heavy atom. The third kappa shape index (κ3) is 4.91. The Balaban J connectivity index is 1.91. The summed E-state index contributed by atoms with van der Waals surface area (Å²) in [7, 11) is 0. The lowest BCUT2D eigenvalue weighted by atomic mass is 10.1. The summed E-state index contributed by atoms with van der Waals surface area (Å²) in [6, 6.07) is 8.95. The van der Waals surface area contributed by atoms with Gasteiger partial charge in [-0.1, -0.05) is 13.8 Å². The molecule has 1 aromatic heterocycles. The van der Waals surface area contributed by atoms with Crippen LogP contribution < -0.4 is 10.1 Å². The van der Waals surface area contributed by atoms with Gasteiger partial charge in [0.05, 0.1) is 23.9 Å². The van der Waals surface area contributed by atoms with E-state index in [0.29, 0.717) is 24.6 Å². The summed E-state index contributed by atoms with van der Waals surface area (Å²) in [5.41, 5.74) is 0.578. The van der Waals surface area contributed by atoms with Crippen LogP contribution in [0.2, 0.25) is 0 Å². The molecule has 1 heterocycles. The second-order valence-electron chi connectivity index (χ2n) is 5.44. The van der Waals surface area contributed by atoms with Gasteiger partial charge >= 0.3 is 0 Å². The fourth-order valence-corrected chi connectivity index (χ4v) is 2.34. The number of carbonyl (C=O) groups is 1. The van der Waals surface area contributed by atoms with Crippen molar-refractivity contribution in [3.05, 3.63) is 52.4 Å². The molecule has 22 heavy (non-hydrogen) atoms. The molecular weight excluding hydrogens is 346 g/mol. The topological polar surface area (TPSA) is 51.5 Å². The van der Waals surface area contributed by atoms with Crippen molar-refractivity contribution in [3.8, 4) is 5.75 Å². The number of carbonyl (C=O) groups excluding carboxylic acids is 1. The van der Waals surface area contributed by atoms with Crippen LogP contribution in [0.3, 0.4) is 0 Å². The van der Waals surface area contributed by atoms with E-state index in [1.807, 2.05) is 12.1 Å². The van der Waals surface area contributed by atoms with Gasteiger partial charge in [0.25, 0.3) is 5.91 Å². The molecular formula is C17H20BrNO3. The fraction of sp³-hybridized carbons (Fsp3) is 0.353. The Bertz CT molecular complexity index is 608. The van der Waals surface area contributed by atoms with Crippen molar-refractivity contribution in [1.82, 2.24) is 5.32 Å². The standard InChI is InChI=1S/C17H20BrNO3/c1-12(2)7-9-22-16-6-5-13(10-15(16)18)17(20)19-11-14-4-3-8-21-14/h3-6,8,10,12H,7,9,11H2,1-2H3,(H,19,20). The van der Waals surface area contributed by atoms with Gasteiger partial charge in [0.1, 0.15) is 11.5 Å². The Kier molecular flexibility index (Phi) is 6.07. The van der Waals surface area contributed by atoms with E-state index in [1.54, 1.807) is 24.5 Å². The molecule has 0 bridgehead atoms. The summed E-state index contributed by atoms with van der Waals surface area (Å²) in [6.45, 7) is 5.35. The van der Waals surface area contributed by atoms with Gasteiger partial charge in [-0.15, -0.1) is 0 Å². The zero-order valence-corrected chi connectivity index (χ0v) is 14.4. The first-order valence-electron chi connectivity index (χ1n) is 7.29. The second-order valence-corrected chi connectivity index (χ2v) is 6.29. The number of rotatable bonds is 7. The van der Waals surface area contributed by atoms with E-state index in [2.05, 4.69) is 35.1 Å². The summed E-state index contributed by atoms with van der Waals surface area (Å²) < 4.78 is 11.7. The maximum Gasteiger partial charge on any atom is 0.251 e. The first-order chi connectivity index (χ1) is 10.6. The number of hydrogen-bond donors (Lipinski definition) is 1. The van der Waals surface area contributed by atoms with E-state index in [1.165, 1.54) is 0 Å². The highest BCUT2D eigenvalue weighted by atomic mass is 79.9. The molecule has 0 saturated heterocycles. The lowest BCUT2D eigenvalue weighted by Crippen LogP contribution is -2.22. The van der Waals surface area contributed by atoms with Crippen LogP contribution >= 0.6 is 15.9 Å². The Morgan fingerprint density at radius 2 is 2.18 bits per heavy atom. The number of furan rings is 1. The van der Waals surface area contributed by atoms with Crippen LogP contribution in [0, 0.1) is 5.92 Å². The summed E-state index contributed by atoms with van der Waals surface area (Å²) in [5, 5.41) is 2.81. The molecule has 0 unspecified atom stereocenters. The number of ether oxygens (including phenoxy) is 1. The van der Waals surface area contributed by atoms with Gasteiger partial charge in [0.15, 0.2) is 0 Å². The van der Waals surface area contributed by atoms with Crippen molar-refractivity contribution in [3.63, 3.8) is 0 Å². The molecule has 0 aliphatic rings. The quantitative estimate of drug-likeness (QED) is 0.790. The van der Waals surface area contributed by atoms with Crippen LogP contribution in [0.1, 0.15) is 36.4 Å². The van der Waals surface area contributed by atoms with Crippen LogP contribution in [0.4, 0.5) is 0 Å². The largest absolute Gasteiger partial charge is 0.492 e. The van der Waals surface area contributed by atoms with Crippen LogP contribution in [0.5, 0.6) is 5.75 Å². The molecule has 0 aliphatic carbocycles. The minimum absolute atomic E-state index is 0.147. The van der Waals surface area contributed by atoms with Gasteiger partial charge in [-0.05, 0) is 58.6 Å². The molecule has 1 amide bonds. The van der Waals surface area contributed by atoms with Gasteiger partial charge in [-0.25, -0.2) is 0 Å². The molecule has 0 saturated carbocycles. The Hall–Kier alpha value is -1.75. The first kappa shape index (κ1) is 16.6. The van der Waals surface area contributed by atoms with Crippen LogP contribution in [0.25, 0.3) is 0 Å². The molecule has 0 radical (unpaired) electrons. The monoisotopic (exact) mass is 365 g/mol. The van der Waals surface area contributed by atoms with Gasteiger partial charge in [-0.2, -0.15) is 0 Å². The number of benzene rings is 1. The SMILES string of the molecule is CC(C)CCOc1ccc(C(=O)NCc2ccco2)cc1Br. The van der Waals surface area contributed by atoms with E-state index in [4.69, 9.17) is 9.15 Å². The number of hydrogen-bond acceptors (Lipinski definition) is 3. The molecule has 5 heteroatoms. The molecule has 118 valence electrons.